The topological polar surface area (TPSA) is 85.9 Å². The van der Waals surface area contributed by atoms with Crippen molar-refractivity contribution < 1.29 is 4.92 Å². The summed E-state index contributed by atoms with van der Waals surface area (Å²) in [6.07, 6.45) is 1.86. The molecule has 106 valence electrons. The highest BCUT2D eigenvalue weighted by Crippen LogP contribution is 2.23. The van der Waals surface area contributed by atoms with Crippen molar-refractivity contribution in [3.05, 3.63) is 50.2 Å². The third-order valence-corrected chi connectivity index (χ3v) is 3.46. The number of nitro benzene ring substituents is 1. The molecule has 2 rings (SSSR count). The average Bonchev–Trinajstić information content (AvgIpc) is 2.86. The second-order valence-electron chi connectivity index (χ2n) is 4.22. The summed E-state index contributed by atoms with van der Waals surface area (Å²) in [5, 5.41) is 21.9. The zero-order valence-corrected chi connectivity index (χ0v) is 12.5. The maximum absolute atomic E-state index is 10.7. The molecule has 1 aromatic heterocycles. The summed E-state index contributed by atoms with van der Waals surface area (Å²) >= 11 is 3.34. The first-order valence-corrected chi connectivity index (χ1v) is 6.92. The molecule has 0 aliphatic rings. The monoisotopic (exact) mass is 339 g/mol. The molecule has 1 aromatic carbocycles. The molecule has 20 heavy (non-hydrogen) atoms. The molecule has 0 radical (unpaired) electrons. The molecule has 0 bridgehead atoms. The number of hydrogen-bond donors (Lipinski definition) is 1. The first kappa shape index (κ1) is 14.6. The summed E-state index contributed by atoms with van der Waals surface area (Å²) in [4.78, 5) is 10.3. The molecule has 1 heterocycles. The summed E-state index contributed by atoms with van der Waals surface area (Å²) in [5.41, 5.74) is 1.84. The summed E-state index contributed by atoms with van der Waals surface area (Å²) in [6, 6.07) is 4.69. The predicted molar refractivity (Wildman–Crippen MR) is 77.3 cm³/mol. The second kappa shape index (κ2) is 6.58. The number of nitro groups is 1. The number of benzene rings is 1. The van der Waals surface area contributed by atoms with Crippen molar-refractivity contribution in [2.75, 3.05) is 6.54 Å². The van der Waals surface area contributed by atoms with Crippen LogP contribution < -0.4 is 5.32 Å². The molecule has 0 aliphatic carbocycles. The lowest BCUT2D eigenvalue weighted by molar-refractivity contribution is -0.384. The molecule has 2 aromatic rings. The smallest absolute Gasteiger partial charge is 0.270 e. The molecule has 0 fully saturated rings. The lowest BCUT2D eigenvalue weighted by Gasteiger charge is -2.03. The van der Waals surface area contributed by atoms with Crippen LogP contribution in [0, 0.1) is 10.1 Å². The summed E-state index contributed by atoms with van der Waals surface area (Å²) < 4.78 is 2.40. The van der Waals surface area contributed by atoms with Crippen molar-refractivity contribution in [1.82, 2.24) is 20.3 Å². The van der Waals surface area contributed by atoms with E-state index in [4.69, 9.17) is 0 Å². The number of non-ortho nitro benzene ring substituents is 1. The van der Waals surface area contributed by atoms with E-state index in [0.717, 1.165) is 17.8 Å². The van der Waals surface area contributed by atoms with Crippen LogP contribution in [-0.2, 0) is 13.1 Å². The molecule has 8 heteroatoms. The van der Waals surface area contributed by atoms with Crippen LogP contribution >= 0.6 is 15.9 Å². The van der Waals surface area contributed by atoms with Gasteiger partial charge in [-0.25, -0.2) is 4.68 Å². The Morgan fingerprint density at radius 1 is 1.50 bits per heavy atom. The van der Waals surface area contributed by atoms with Gasteiger partial charge in [0, 0.05) is 23.2 Å². The van der Waals surface area contributed by atoms with Gasteiger partial charge in [-0.15, -0.1) is 5.10 Å². The highest BCUT2D eigenvalue weighted by atomic mass is 79.9. The Balaban J connectivity index is 2.09. The highest BCUT2D eigenvalue weighted by molar-refractivity contribution is 9.10. The average molecular weight is 340 g/mol. The van der Waals surface area contributed by atoms with Crippen LogP contribution in [0.2, 0.25) is 0 Å². The van der Waals surface area contributed by atoms with E-state index in [2.05, 4.69) is 31.6 Å². The summed E-state index contributed by atoms with van der Waals surface area (Å²) in [6.45, 7) is 4.09. The van der Waals surface area contributed by atoms with Gasteiger partial charge in [0.05, 0.1) is 23.4 Å². The van der Waals surface area contributed by atoms with Gasteiger partial charge in [0.2, 0.25) is 0 Å². The standard InChI is InChI=1S/C12H14BrN5O2/c1-2-14-6-10-8-17(16-15-10)7-9-3-4-11(18(19)20)5-12(9)13/h3-5,8,14H,2,6-7H2,1H3. The third-order valence-electron chi connectivity index (χ3n) is 2.72. The number of aromatic nitrogens is 3. The van der Waals surface area contributed by atoms with Crippen molar-refractivity contribution in [3.63, 3.8) is 0 Å². The van der Waals surface area contributed by atoms with E-state index >= 15 is 0 Å². The maximum Gasteiger partial charge on any atom is 0.270 e. The van der Waals surface area contributed by atoms with Gasteiger partial charge in [0.15, 0.2) is 0 Å². The minimum absolute atomic E-state index is 0.0621. The Bertz CT molecular complexity index is 614. The van der Waals surface area contributed by atoms with Gasteiger partial charge in [0.25, 0.3) is 5.69 Å². The van der Waals surface area contributed by atoms with Crippen LogP contribution in [0.1, 0.15) is 18.2 Å². The van der Waals surface area contributed by atoms with Crippen molar-refractivity contribution in [2.24, 2.45) is 0 Å². The van der Waals surface area contributed by atoms with Gasteiger partial charge in [-0.05, 0) is 18.2 Å². The highest BCUT2D eigenvalue weighted by Gasteiger charge is 2.10. The SMILES string of the molecule is CCNCc1cn(Cc2ccc([N+](=O)[O-])cc2Br)nn1. The fraction of sp³-hybridized carbons (Fsp3) is 0.333. The Hall–Kier alpha value is -1.80. The molecule has 7 nitrogen and oxygen atoms in total. The predicted octanol–water partition coefficient (Wildman–Crippen LogP) is 2.11. The van der Waals surface area contributed by atoms with Gasteiger partial charge in [-0.1, -0.05) is 28.1 Å². The van der Waals surface area contributed by atoms with Crippen LogP contribution in [0.4, 0.5) is 5.69 Å². The third kappa shape index (κ3) is 3.61. The van der Waals surface area contributed by atoms with E-state index in [-0.39, 0.29) is 5.69 Å². The summed E-state index contributed by atoms with van der Waals surface area (Å²) in [7, 11) is 0. The van der Waals surface area contributed by atoms with Crippen LogP contribution in [-0.4, -0.2) is 26.5 Å². The van der Waals surface area contributed by atoms with Crippen molar-refractivity contribution in [3.8, 4) is 0 Å². The molecule has 0 unspecified atom stereocenters. The van der Waals surface area contributed by atoms with Crippen LogP contribution in [0.3, 0.4) is 0 Å². The lowest BCUT2D eigenvalue weighted by Crippen LogP contribution is -2.11. The van der Waals surface area contributed by atoms with E-state index in [1.54, 1.807) is 10.7 Å². The van der Waals surface area contributed by atoms with Gasteiger partial charge in [0.1, 0.15) is 0 Å². The Kier molecular flexibility index (Phi) is 4.80. The van der Waals surface area contributed by atoms with Crippen molar-refractivity contribution >= 4 is 21.6 Å². The minimum Gasteiger partial charge on any atom is -0.311 e. The Labute approximate surface area is 124 Å². The van der Waals surface area contributed by atoms with E-state index in [1.165, 1.54) is 12.1 Å². The number of hydrogen-bond acceptors (Lipinski definition) is 5. The first-order chi connectivity index (χ1) is 9.60. The second-order valence-corrected chi connectivity index (χ2v) is 5.07. The largest absolute Gasteiger partial charge is 0.311 e. The normalized spacial score (nSPS) is 10.7. The van der Waals surface area contributed by atoms with E-state index in [1.807, 2.05) is 13.1 Å². The van der Waals surface area contributed by atoms with Crippen LogP contribution in [0.25, 0.3) is 0 Å². The van der Waals surface area contributed by atoms with E-state index in [0.29, 0.717) is 17.6 Å². The summed E-state index contributed by atoms with van der Waals surface area (Å²) in [5.74, 6) is 0. The molecule has 1 N–H and O–H groups in total. The van der Waals surface area contributed by atoms with Gasteiger partial charge in [-0.2, -0.15) is 0 Å². The molecular weight excluding hydrogens is 326 g/mol. The number of halogens is 1. The molecule has 0 spiro atoms. The van der Waals surface area contributed by atoms with Crippen LogP contribution in [0.5, 0.6) is 0 Å². The number of rotatable bonds is 6. The first-order valence-electron chi connectivity index (χ1n) is 6.12. The lowest BCUT2D eigenvalue weighted by atomic mass is 10.2. The van der Waals surface area contributed by atoms with Crippen molar-refractivity contribution in [2.45, 2.75) is 20.0 Å². The fourth-order valence-electron chi connectivity index (χ4n) is 1.70. The van der Waals surface area contributed by atoms with Gasteiger partial charge >= 0.3 is 0 Å². The maximum atomic E-state index is 10.7. The van der Waals surface area contributed by atoms with Gasteiger partial charge < -0.3 is 5.32 Å². The molecule has 0 atom stereocenters. The number of nitrogens with zero attached hydrogens (tertiary/aromatic N) is 4. The minimum atomic E-state index is -0.418. The molecule has 0 amide bonds. The molecule has 0 saturated carbocycles. The molecule has 0 aliphatic heterocycles. The van der Waals surface area contributed by atoms with Crippen LogP contribution in [0.15, 0.2) is 28.9 Å². The Morgan fingerprint density at radius 3 is 2.95 bits per heavy atom. The molecule has 0 saturated heterocycles. The number of nitrogens with one attached hydrogen (secondary N) is 1. The Morgan fingerprint density at radius 2 is 2.30 bits per heavy atom. The quantitative estimate of drug-likeness (QED) is 0.643. The fourth-order valence-corrected chi connectivity index (χ4v) is 2.19. The van der Waals surface area contributed by atoms with E-state index in [9.17, 15) is 10.1 Å². The van der Waals surface area contributed by atoms with E-state index < -0.39 is 4.92 Å². The zero-order chi connectivity index (χ0) is 14.5. The molecular formula is C12H14BrN5O2. The van der Waals surface area contributed by atoms with Crippen molar-refractivity contribution in [1.29, 1.82) is 0 Å². The zero-order valence-electron chi connectivity index (χ0n) is 10.9. The van der Waals surface area contributed by atoms with Gasteiger partial charge in [-0.3, -0.25) is 10.1 Å².